The molecular weight excluding hydrogens is 300 g/mol. The van der Waals surface area contributed by atoms with E-state index in [2.05, 4.69) is 0 Å². The Kier molecular flexibility index (Phi) is 3.85. The number of ketones is 1. The van der Waals surface area contributed by atoms with Gasteiger partial charge in [-0.15, -0.1) is 0 Å². The van der Waals surface area contributed by atoms with E-state index in [9.17, 15) is 19.8 Å². The van der Waals surface area contributed by atoms with Gasteiger partial charge in [0.1, 0.15) is 17.6 Å². The topological polar surface area (TPSA) is 93.1 Å². The van der Waals surface area contributed by atoms with Crippen LogP contribution in [0.15, 0.2) is 17.7 Å². The van der Waals surface area contributed by atoms with Gasteiger partial charge in [0, 0.05) is 35.6 Å². The highest BCUT2D eigenvalue weighted by Gasteiger charge is 2.36. The maximum absolute atomic E-state index is 12.2. The Morgan fingerprint density at radius 3 is 2.70 bits per heavy atom. The van der Waals surface area contributed by atoms with Crippen molar-refractivity contribution in [3.8, 4) is 11.5 Å². The molecule has 1 aliphatic carbocycles. The molecule has 1 heterocycles. The number of esters is 1. The molecule has 122 valence electrons. The van der Waals surface area contributed by atoms with Crippen LogP contribution >= 0.6 is 0 Å². The van der Waals surface area contributed by atoms with Crippen molar-refractivity contribution < 1.29 is 29.3 Å². The average Bonchev–Trinajstić information content (AvgIpc) is 2.53. The summed E-state index contributed by atoms with van der Waals surface area (Å²) in [6, 6.07) is 1.34. The lowest BCUT2D eigenvalue weighted by Gasteiger charge is -2.30. The van der Waals surface area contributed by atoms with Crippen molar-refractivity contribution in [2.75, 3.05) is 7.11 Å². The van der Waals surface area contributed by atoms with Gasteiger partial charge in [0.25, 0.3) is 0 Å². The second-order valence-corrected chi connectivity index (χ2v) is 5.79. The summed E-state index contributed by atoms with van der Waals surface area (Å²) < 4.78 is 10.7. The number of fused-ring (bicyclic) bond motifs is 1. The van der Waals surface area contributed by atoms with Crippen molar-refractivity contribution in [2.45, 2.75) is 38.4 Å². The molecule has 0 saturated carbocycles. The van der Waals surface area contributed by atoms with Gasteiger partial charge < -0.3 is 19.7 Å². The first-order chi connectivity index (χ1) is 10.9. The number of carbonyl (C=O) groups excluding carboxylic acids is 2. The molecule has 1 aromatic carbocycles. The SMILES string of the molecule is COc1cc(O)c2c(c1[C@@H]1CC=C(C)C(=O)O1)[C@H](O)CCC2=O. The second kappa shape index (κ2) is 5.70. The summed E-state index contributed by atoms with van der Waals surface area (Å²) in [5.74, 6) is -0.610. The number of hydrogen-bond acceptors (Lipinski definition) is 6. The maximum Gasteiger partial charge on any atom is 0.334 e. The Morgan fingerprint density at radius 1 is 1.30 bits per heavy atom. The summed E-state index contributed by atoms with van der Waals surface area (Å²) in [5.41, 5.74) is 1.38. The number of aliphatic hydroxyl groups is 1. The zero-order chi connectivity index (χ0) is 16.7. The zero-order valence-corrected chi connectivity index (χ0v) is 13.0. The molecule has 1 aromatic rings. The molecule has 0 spiro atoms. The van der Waals surface area contributed by atoms with Crippen LogP contribution in [0.4, 0.5) is 0 Å². The van der Waals surface area contributed by atoms with Gasteiger partial charge in [-0.05, 0) is 13.3 Å². The Balaban J connectivity index is 2.21. The minimum atomic E-state index is -0.913. The Hall–Kier alpha value is -2.34. The molecule has 3 rings (SSSR count). The number of phenols is 1. The summed E-state index contributed by atoms with van der Waals surface area (Å²) in [7, 11) is 1.42. The predicted molar refractivity (Wildman–Crippen MR) is 80.4 cm³/mol. The van der Waals surface area contributed by atoms with E-state index in [1.165, 1.54) is 13.2 Å². The van der Waals surface area contributed by atoms with Gasteiger partial charge in [0.2, 0.25) is 0 Å². The molecule has 0 unspecified atom stereocenters. The van der Waals surface area contributed by atoms with E-state index in [0.29, 0.717) is 28.9 Å². The number of ether oxygens (including phenoxy) is 2. The lowest BCUT2D eigenvalue weighted by Crippen LogP contribution is -2.23. The molecule has 0 bridgehead atoms. The number of methoxy groups -OCH3 is 1. The standard InChI is InChI=1S/C17H18O6/c1-8-3-6-12(23-17(8)21)16-13(22-2)7-11(20)14-9(18)4-5-10(19)15(14)16/h3,7,10,12,19-20H,4-6H2,1-2H3/t10-,12+/m1/s1. The first-order valence-electron chi connectivity index (χ1n) is 7.46. The van der Waals surface area contributed by atoms with Gasteiger partial charge in [-0.2, -0.15) is 0 Å². The van der Waals surface area contributed by atoms with E-state index in [1.807, 2.05) is 0 Å². The Labute approximate surface area is 133 Å². The lowest BCUT2D eigenvalue weighted by atomic mass is 9.81. The van der Waals surface area contributed by atoms with Crippen LogP contribution in [-0.4, -0.2) is 29.1 Å². The predicted octanol–water partition coefficient (Wildman–Crippen LogP) is 2.34. The molecule has 0 amide bonds. The molecule has 2 aliphatic rings. The number of aromatic hydroxyl groups is 1. The summed E-state index contributed by atoms with van der Waals surface area (Å²) in [5, 5.41) is 20.5. The van der Waals surface area contributed by atoms with E-state index in [1.54, 1.807) is 13.0 Å². The highest BCUT2D eigenvalue weighted by atomic mass is 16.5. The Morgan fingerprint density at radius 2 is 2.04 bits per heavy atom. The molecule has 1 aliphatic heterocycles. The van der Waals surface area contributed by atoms with Crippen LogP contribution in [0.25, 0.3) is 0 Å². The van der Waals surface area contributed by atoms with Gasteiger partial charge in [-0.3, -0.25) is 4.79 Å². The zero-order valence-electron chi connectivity index (χ0n) is 13.0. The number of benzene rings is 1. The van der Waals surface area contributed by atoms with E-state index in [0.717, 1.165) is 0 Å². The third kappa shape index (κ3) is 2.49. The molecule has 2 atom stereocenters. The number of Topliss-reactive ketones (excluding diaryl/α,β-unsaturated/α-hetero) is 1. The van der Waals surface area contributed by atoms with Crippen LogP contribution in [-0.2, 0) is 9.53 Å². The molecule has 2 N–H and O–H groups in total. The van der Waals surface area contributed by atoms with E-state index in [4.69, 9.17) is 9.47 Å². The molecule has 0 saturated heterocycles. The third-order valence-corrected chi connectivity index (χ3v) is 4.36. The summed E-state index contributed by atoms with van der Waals surface area (Å²) >= 11 is 0. The number of phenolic OH excluding ortho intramolecular Hbond substituents is 1. The quantitative estimate of drug-likeness (QED) is 0.813. The number of aliphatic hydroxyl groups excluding tert-OH is 1. The van der Waals surface area contributed by atoms with Crippen molar-refractivity contribution in [1.29, 1.82) is 0 Å². The van der Waals surface area contributed by atoms with Crippen LogP contribution in [0.3, 0.4) is 0 Å². The molecule has 6 nitrogen and oxygen atoms in total. The first-order valence-corrected chi connectivity index (χ1v) is 7.46. The fourth-order valence-corrected chi connectivity index (χ4v) is 3.17. The van der Waals surface area contributed by atoms with Gasteiger partial charge >= 0.3 is 5.97 Å². The number of carbonyl (C=O) groups is 2. The summed E-state index contributed by atoms with van der Waals surface area (Å²) in [4.78, 5) is 24.0. The van der Waals surface area contributed by atoms with Gasteiger partial charge in [-0.1, -0.05) is 6.08 Å². The minimum absolute atomic E-state index is 0.0990. The monoisotopic (exact) mass is 318 g/mol. The lowest BCUT2D eigenvalue weighted by molar-refractivity contribution is -0.146. The molecule has 23 heavy (non-hydrogen) atoms. The van der Waals surface area contributed by atoms with Crippen molar-refractivity contribution in [1.82, 2.24) is 0 Å². The highest BCUT2D eigenvalue weighted by Crippen LogP contribution is 2.46. The van der Waals surface area contributed by atoms with Crippen molar-refractivity contribution in [3.05, 3.63) is 34.4 Å². The Bertz CT molecular complexity index is 718. The minimum Gasteiger partial charge on any atom is -0.507 e. The third-order valence-electron chi connectivity index (χ3n) is 4.36. The van der Waals surface area contributed by atoms with Crippen LogP contribution in [0, 0.1) is 0 Å². The smallest absolute Gasteiger partial charge is 0.334 e. The number of cyclic esters (lactones) is 1. The fraction of sp³-hybridized carbons (Fsp3) is 0.412. The first kappa shape index (κ1) is 15.6. The number of hydrogen-bond donors (Lipinski definition) is 2. The van der Waals surface area contributed by atoms with E-state index < -0.39 is 18.2 Å². The van der Waals surface area contributed by atoms with Gasteiger partial charge in [0.05, 0.1) is 18.8 Å². The van der Waals surface area contributed by atoms with Crippen molar-refractivity contribution in [2.24, 2.45) is 0 Å². The van der Waals surface area contributed by atoms with Crippen molar-refractivity contribution in [3.63, 3.8) is 0 Å². The molecule has 0 aromatic heterocycles. The van der Waals surface area contributed by atoms with Crippen LogP contribution in [0.1, 0.15) is 59.9 Å². The second-order valence-electron chi connectivity index (χ2n) is 5.79. The molecule has 0 radical (unpaired) electrons. The molecular formula is C17H18O6. The van der Waals surface area contributed by atoms with E-state index >= 15 is 0 Å². The molecule has 6 heteroatoms. The fourth-order valence-electron chi connectivity index (χ4n) is 3.17. The normalized spacial score (nSPS) is 23.9. The number of rotatable bonds is 2. The van der Waals surface area contributed by atoms with Gasteiger partial charge in [-0.25, -0.2) is 4.79 Å². The van der Waals surface area contributed by atoms with Crippen LogP contribution in [0.5, 0.6) is 11.5 Å². The largest absolute Gasteiger partial charge is 0.507 e. The average molecular weight is 318 g/mol. The van der Waals surface area contributed by atoms with Crippen LogP contribution in [0.2, 0.25) is 0 Å². The van der Waals surface area contributed by atoms with Crippen molar-refractivity contribution >= 4 is 11.8 Å². The molecule has 0 fully saturated rings. The van der Waals surface area contributed by atoms with E-state index in [-0.39, 0.29) is 29.9 Å². The highest BCUT2D eigenvalue weighted by molar-refractivity contribution is 6.02. The summed E-state index contributed by atoms with van der Waals surface area (Å²) in [6.45, 7) is 1.67. The summed E-state index contributed by atoms with van der Waals surface area (Å²) in [6.07, 6.45) is 1.04. The van der Waals surface area contributed by atoms with Crippen LogP contribution < -0.4 is 4.74 Å². The maximum atomic E-state index is 12.2. The van der Waals surface area contributed by atoms with Gasteiger partial charge in [0.15, 0.2) is 5.78 Å².